The van der Waals surface area contributed by atoms with E-state index in [1.807, 2.05) is 0 Å². The fourth-order valence-corrected chi connectivity index (χ4v) is 1.85. The Balaban J connectivity index is 2.37. The average molecular weight is 258 g/mol. The fourth-order valence-electron chi connectivity index (χ4n) is 1.06. The SMILES string of the molecule is CC(F)(F)C(F)(Cl)CCCc1nccs1. The molecule has 0 radical (unpaired) electrons. The van der Waals surface area contributed by atoms with E-state index >= 15 is 0 Å². The molecule has 86 valence electrons. The van der Waals surface area contributed by atoms with Gasteiger partial charge in [-0.25, -0.2) is 18.2 Å². The molecule has 0 amide bonds. The van der Waals surface area contributed by atoms with Crippen molar-refractivity contribution in [3.8, 4) is 0 Å². The van der Waals surface area contributed by atoms with Crippen LogP contribution in [-0.4, -0.2) is 16.0 Å². The molecule has 0 aromatic carbocycles. The summed E-state index contributed by atoms with van der Waals surface area (Å²) in [6.45, 7) is 0.489. The van der Waals surface area contributed by atoms with Crippen LogP contribution in [-0.2, 0) is 6.42 Å². The number of rotatable bonds is 5. The monoisotopic (exact) mass is 257 g/mol. The van der Waals surface area contributed by atoms with Crippen molar-refractivity contribution in [1.82, 2.24) is 4.98 Å². The van der Waals surface area contributed by atoms with Crippen molar-refractivity contribution in [3.63, 3.8) is 0 Å². The maximum absolute atomic E-state index is 13.2. The van der Waals surface area contributed by atoms with E-state index in [0.29, 0.717) is 13.3 Å². The van der Waals surface area contributed by atoms with Gasteiger partial charge in [0, 0.05) is 24.9 Å². The lowest BCUT2D eigenvalue weighted by molar-refractivity contribution is -0.0822. The number of aromatic nitrogens is 1. The number of thiazole rings is 1. The van der Waals surface area contributed by atoms with Gasteiger partial charge < -0.3 is 0 Å². The molecule has 0 N–H and O–H groups in total. The maximum Gasteiger partial charge on any atom is 0.292 e. The van der Waals surface area contributed by atoms with E-state index in [-0.39, 0.29) is 12.8 Å². The van der Waals surface area contributed by atoms with Crippen LogP contribution in [0.3, 0.4) is 0 Å². The Labute approximate surface area is 95.3 Å². The van der Waals surface area contributed by atoms with Crippen LogP contribution < -0.4 is 0 Å². The molecule has 0 bridgehead atoms. The third-order valence-electron chi connectivity index (χ3n) is 2.01. The van der Waals surface area contributed by atoms with Crippen molar-refractivity contribution in [2.75, 3.05) is 0 Å². The van der Waals surface area contributed by atoms with Crippen LogP contribution in [0.2, 0.25) is 0 Å². The summed E-state index contributed by atoms with van der Waals surface area (Å²) in [5, 5.41) is -0.362. The Kier molecular flexibility index (Phi) is 4.00. The molecule has 6 heteroatoms. The van der Waals surface area contributed by atoms with Gasteiger partial charge in [-0.3, -0.25) is 0 Å². The van der Waals surface area contributed by atoms with Crippen molar-refractivity contribution in [3.05, 3.63) is 16.6 Å². The lowest BCUT2D eigenvalue weighted by Crippen LogP contribution is -2.36. The first-order valence-electron chi connectivity index (χ1n) is 4.47. The average Bonchev–Trinajstić information content (AvgIpc) is 2.54. The fraction of sp³-hybridized carbons (Fsp3) is 0.667. The highest BCUT2D eigenvalue weighted by Gasteiger charge is 2.48. The first kappa shape index (κ1) is 12.8. The molecule has 1 heterocycles. The quantitative estimate of drug-likeness (QED) is 0.726. The van der Waals surface area contributed by atoms with E-state index in [2.05, 4.69) is 4.98 Å². The van der Waals surface area contributed by atoms with Crippen molar-refractivity contribution in [2.45, 2.75) is 37.2 Å². The molecule has 15 heavy (non-hydrogen) atoms. The van der Waals surface area contributed by atoms with E-state index in [0.717, 1.165) is 5.01 Å². The molecular formula is C9H11ClF3NS. The molecule has 0 aliphatic carbocycles. The number of hydrogen-bond donors (Lipinski definition) is 0. The zero-order valence-electron chi connectivity index (χ0n) is 8.14. The molecule has 1 rings (SSSR count). The maximum atomic E-state index is 13.2. The van der Waals surface area contributed by atoms with Crippen LogP contribution in [0, 0.1) is 0 Å². The summed E-state index contributed by atoms with van der Waals surface area (Å²) in [5.41, 5.74) is 0. The van der Waals surface area contributed by atoms with E-state index < -0.39 is 11.1 Å². The molecule has 0 aliphatic heterocycles. The summed E-state index contributed by atoms with van der Waals surface area (Å²) < 4.78 is 38.5. The highest BCUT2D eigenvalue weighted by atomic mass is 35.5. The standard InChI is InChI=1S/C9H11ClF3NS/c1-8(11,12)9(10,13)4-2-3-7-14-5-6-15-7/h5-6H,2-4H2,1H3. The summed E-state index contributed by atoms with van der Waals surface area (Å²) >= 11 is 6.54. The zero-order valence-corrected chi connectivity index (χ0v) is 9.72. The number of nitrogens with zero attached hydrogens (tertiary/aromatic N) is 1. The minimum Gasteiger partial charge on any atom is -0.250 e. The smallest absolute Gasteiger partial charge is 0.250 e. The number of aryl methyl sites for hydroxylation is 1. The van der Waals surface area contributed by atoms with Crippen LogP contribution >= 0.6 is 22.9 Å². The molecule has 1 atom stereocenters. The van der Waals surface area contributed by atoms with Gasteiger partial charge >= 0.3 is 0 Å². The molecule has 0 fully saturated rings. The Hall–Kier alpha value is -0.290. The summed E-state index contributed by atoms with van der Waals surface area (Å²) in [4.78, 5) is 3.96. The van der Waals surface area contributed by atoms with Crippen molar-refractivity contribution >= 4 is 22.9 Å². The summed E-state index contributed by atoms with van der Waals surface area (Å²) in [7, 11) is 0. The van der Waals surface area contributed by atoms with Gasteiger partial charge in [0.2, 0.25) is 5.13 Å². The second-order valence-corrected chi connectivity index (χ2v) is 4.95. The largest absolute Gasteiger partial charge is 0.292 e. The molecule has 1 aromatic rings. The van der Waals surface area contributed by atoms with E-state index in [9.17, 15) is 13.2 Å². The summed E-state index contributed by atoms with van der Waals surface area (Å²) in [6, 6.07) is 0. The second-order valence-electron chi connectivity index (χ2n) is 3.37. The first-order valence-corrected chi connectivity index (χ1v) is 5.73. The van der Waals surface area contributed by atoms with Crippen LogP contribution in [0.5, 0.6) is 0 Å². The Morgan fingerprint density at radius 1 is 1.47 bits per heavy atom. The third kappa shape index (κ3) is 3.65. The topological polar surface area (TPSA) is 12.9 Å². The predicted molar refractivity (Wildman–Crippen MR) is 55.4 cm³/mol. The molecule has 1 unspecified atom stereocenters. The highest BCUT2D eigenvalue weighted by molar-refractivity contribution is 7.09. The second kappa shape index (κ2) is 4.70. The number of halogens is 4. The minimum atomic E-state index is -3.52. The molecular weight excluding hydrogens is 247 g/mol. The molecule has 0 aliphatic rings. The van der Waals surface area contributed by atoms with Gasteiger partial charge in [0.1, 0.15) is 0 Å². The van der Waals surface area contributed by atoms with E-state index in [1.165, 1.54) is 11.3 Å². The van der Waals surface area contributed by atoms with Gasteiger partial charge in [0.15, 0.2) is 0 Å². The van der Waals surface area contributed by atoms with Crippen LogP contribution in [0.15, 0.2) is 11.6 Å². The normalized spacial score (nSPS) is 16.3. The van der Waals surface area contributed by atoms with E-state index in [4.69, 9.17) is 11.6 Å². The van der Waals surface area contributed by atoms with Gasteiger partial charge in [0.05, 0.1) is 5.01 Å². The Morgan fingerprint density at radius 2 is 2.13 bits per heavy atom. The van der Waals surface area contributed by atoms with Gasteiger partial charge in [-0.1, -0.05) is 11.6 Å². The van der Waals surface area contributed by atoms with Crippen molar-refractivity contribution < 1.29 is 13.2 Å². The molecule has 0 spiro atoms. The molecule has 0 saturated heterocycles. The van der Waals surface area contributed by atoms with E-state index in [1.54, 1.807) is 11.6 Å². The van der Waals surface area contributed by atoms with Crippen LogP contribution in [0.1, 0.15) is 24.8 Å². The molecule has 1 nitrogen and oxygen atoms in total. The van der Waals surface area contributed by atoms with Gasteiger partial charge in [-0.05, 0) is 12.8 Å². The van der Waals surface area contributed by atoms with Gasteiger partial charge in [-0.15, -0.1) is 11.3 Å². The van der Waals surface area contributed by atoms with Crippen LogP contribution in [0.4, 0.5) is 13.2 Å². The highest BCUT2D eigenvalue weighted by Crippen LogP contribution is 2.39. The number of hydrogen-bond acceptors (Lipinski definition) is 2. The summed E-state index contributed by atoms with van der Waals surface area (Å²) in [5.74, 6) is -3.52. The van der Waals surface area contributed by atoms with Gasteiger partial charge in [0.25, 0.3) is 5.92 Å². The van der Waals surface area contributed by atoms with Crippen molar-refractivity contribution in [1.29, 1.82) is 0 Å². The van der Waals surface area contributed by atoms with Crippen molar-refractivity contribution in [2.24, 2.45) is 0 Å². The lowest BCUT2D eigenvalue weighted by Gasteiger charge is -2.24. The lowest BCUT2D eigenvalue weighted by atomic mass is 10.1. The predicted octanol–water partition coefficient (Wildman–Crippen LogP) is 4.03. The Morgan fingerprint density at radius 3 is 2.60 bits per heavy atom. The first-order chi connectivity index (χ1) is 6.83. The Bertz CT molecular complexity index is 295. The van der Waals surface area contributed by atoms with Gasteiger partial charge in [-0.2, -0.15) is 0 Å². The number of alkyl halides is 4. The minimum absolute atomic E-state index is 0.261. The zero-order chi connectivity index (χ0) is 11.5. The third-order valence-corrected chi connectivity index (χ3v) is 3.37. The molecule has 0 saturated carbocycles. The molecule has 1 aromatic heterocycles. The van der Waals surface area contributed by atoms with Crippen LogP contribution in [0.25, 0.3) is 0 Å². The summed E-state index contributed by atoms with van der Waals surface area (Å²) in [6.07, 6.45) is 1.98.